The number of amides is 1. The van der Waals surface area contributed by atoms with Gasteiger partial charge in [-0.05, 0) is 34.6 Å². The van der Waals surface area contributed by atoms with Crippen molar-refractivity contribution in [3.8, 4) is 11.3 Å². The van der Waals surface area contributed by atoms with Crippen molar-refractivity contribution in [3.05, 3.63) is 35.3 Å². The molecule has 142 valence electrons. The highest BCUT2D eigenvalue weighted by molar-refractivity contribution is 8.00. The highest BCUT2D eigenvalue weighted by Gasteiger charge is 2.22. The minimum atomic E-state index is 0.110. The Morgan fingerprint density at radius 3 is 2.41 bits per heavy atom. The Kier molecular flexibility index (Phi) is 6.11. The highest BCUT2D eigenvalue weighted by atomic mass is 32.2. The van der Waals surface area contributed by atoms with Crippen LogP contribution in [0.1, 0.15) is 32.7 Å². The topological polar surface area (TPSA) is 59.0 Å². The van der Waals surface area contributed by atoms with Crippen LogP contribution in [0.3, 0.4) is 0 Å². The van der Waals surface area contributed by atoms with E-state index in [4.69, 9.17) is 0 Å². The molecule has 1 aromatic carbocycles. The Hall–Kier alpha value is -1.99. The molecule has 0 radical (unpaired) electrons. The molecule has 7 heteroatoms. The Morgan fingerprint density at radius 2 is 1.78 bits per heavy atom. The van der Waals surface area contributed by atoms with Crippen LogP contribution in [0.4, 0.5) is 0 Å². The zero-order valence-corrected chi connectivity index (χ0v) is 17.9. The summed E-state index contributed by atoms with van der Waals surface area (Å²) < 4.78 is 1.02. The number of carbonyl (C=O) groups is 1. The molecule has 0 fully saturated rings. The number of carbonyl (C=O) groups excluding carboxylic acids is 1. The average Bonchev–Trinajstić information content (AvgIpc) is 3.01. The minimum absolute atomic E-state index is 0.110. The van der Waals surface area contributed by atoms with Gasteiger partial charge in [-0.2, -0.15) is 0 Å². The van der Waals surface area contributed by atoms with Crippen LogP contribution in [-0.2, 0) is 4.79 Å². The van der Waals surface area contributed by atoms with E-state index < -0.39 is 0 Å². The second-order valence-electron chi connectivity index (χ2n) is 6.91. The van der Waals surface area contributed by atoms with Gasteiger partial charge in [0.2, 0.25) is 5.91 Å². The first-order valence-corrected chi connectivity index (χ1v) is 10.8. The molecule has 0 spiro atoms. The third-order valence-corrected chi connectivity index (χ3v) is 6.09. The molecule has 0 unspecified atom stereocenters. The molecule has 0 saturated carbocycles. The van der Waals surface area contributed by atoms with Crippen molar-refractivity contribution >= 4 is 39.2 Å². The van der Waals surface area contributed by atoms with Crippen LogP contribution < -0.4 is 0 Å². The maximum absolute atomic E-state index is 12.7. The van der Waals surface area contributed by atoms with Gasteiger partial charge in [-0.1, -0.05) is 42.1 Å². The number of rotatable bonds is 6. The first kappa shape index (κ1) is 19.8. The quantitative estimate of drug-likeness (QED) is 0.556. The van der Waals surface area contributed by atoms with Gasteiger partial charge in [0.15, 0.2) is 0 Å². The number of hydrogen-bond donors (Lipinski definition) is 0. The van der Waals surface area contributed by atoms with E-state index in [0.717, 1.165) is 31.5 Å². The van der Waals surface area contributed by atoms with Crippen LogP contribution in [0.2, 0.25) is 0 Å². The molecule has 2 heterocycles. The predicted octanol–water partition coefficient (Wildman–Crippen LogP) is 4.80. The van der Waals surface area contributed by atoms with Crippen LogP contribution in [0, 0.1) is 6.92 Å². The summed E-state index contributed by atoms with van der Waals surface area (Å²) in [7, 11) is 0. The van der Waals surface area contributed by atoms with E-state index in [-0.39, 0.29) is 18.0 Å². The van der Waals surface area contributed by atoms with E-state index in [1.165, 1.54) is 11.8 Å². The lowest BCUT2D eigenvalue weighted by Crippen LogP contribution is -2.43. The Balaban J connectivity index is 1.90. The third kappa shape index (κ3) is 4.30. The molecule has 0 saturated heterocycles. The fraction of sp³-hybridized carbons (Fsp3) is 0.400. The third-order valence-electron chi connectivity index (χ3n) is 4.17. The number of nitrogens with zero attached hydrogens (tertiary/aromatic N) is 4. The summed E-state index contributed by atoms with van der Waals surface area (Å²) in [6.07, 6.45) is 0. The molecular weight excluding hydrogens is 376 g/mol. The zero-order valence-electron chi connectivity index (χ0n) is 16.3. The number of fused-ring (bicyclic) bond motifs is 1. The van der Waals surface area contributed by atoms with E-state index in [9.17, 15) is 4.79 Å². The van der Waals surface area contributed by atoms with E-state index in [0.29, 0.717) is 5.75 Å². The van der Waals surface area contributed by atoms with E-state index in [1.54, 1.807) is 11.3 Å². The molecule has 27 heavy (non-hydrogen) atoms. The van der Waals surface area contributed by atoms with Crippen LogP contribution in [0.15, 0.2) is 35.4 Å². The number of hydrogen-bond acceptors (Lipinski definition) is 6. The molecule has 5 nitrogen and oxygen atoms in total. The minimum Gasteiger partial charge on any atom is -0.337 e. The van der Waals surface area contributed by atoms with Crippen molar-refractivity contribution in [1.82, 2.24) is 20.1 Å². The van der Waals surface area contributed by atoms with E-state index >= 15 is 0 Å². The van der Waals surface area contributed by atoms with Gasteiger partial charge in [-0.3, -0.25) is 4.79 Å². The summed E-state index contributed by atoms with van der Waals surface area (Å²) in [6.45, 7) is 10.1. The monoisotopic (exact) mass is 400 g/mol. The summed E-state index contributed by atoms with van der Waals surface area (Å²) in [4.78, 5) is 19.2. The molecule has 0 aliphatic carbocycles. The van der Waals surface area contributed by atoms with Gasteiger partial charge >= 0.3 is 0 Å². The maximum atomic E-state index is 12.7. The van der Waals surface area contributed by atoms with Crippen LogP contribution in [0.5, 0.6) is 0 Å². The first-order chi connectivity index (χ1) is 12.9. The fourth-order valence-electron chi connectivity index (χ4n) is 3.18. The lowest BCUT2D eigenvalue weighted by atomic mass is 10.1. The largest absolute Gasteiger partial charge is 0.337 e. The first-order valence-electron chi connectivity index (χ1n) is 9.01. The highest BCUT2D eigenvalue weighted by Crippen LogP contribution is 2.35. The number of aromatic nitrogens is 3. The number of thiazole rings is 1. The summed E-state index contributed by atoms with van der Waals surface area (Å²) >= 11 is 3.03. The molecule has 1 amide bonds. The molecule has 3 aromatic rings. The molecule has 0 atom stereocenters. The standard InChI is InChI=1S/C20H24N4OS2/c1-12(2)24(13(3)4)16(25)11-26-20-18-19(27-14(5)21-18)17(22-23-20)15-9-7-6-8-10-15/h6-10,12-13H,11H2,1-5H3. The Bertz CT molecular complexity index is 930. The van der Waals surface area contributed by atoms with E-state index in [1.807, 2.05) is 69.9 Å². The van der Waals surface area contributed by atoms with Crippen molar-refractivity contribution in [3.63, 3.8) is 0 Å². The van der Waals surface area contributed by atoms with Gasteiger partial charge in [-0.25, -0.2) is 4.98 Å². The Morgan fingerprint density at radius 1 is 1.11 bits per heavy atom. The smallest absolute Gasteiger partial charge is 0.233 e. The maximum Gasteiger partial charge on any atom is 0.233 e. The fourth-order valence-corrected chi connectivity index (χ4v) is 4.96. The van der Waals surface area contributed by atoms with Crippen molar-refractivity contribution < 1.29 is 4.79 Å². The molecule has 0 bridgehead atoms. The summed E-state index contributed by atoms with van der Waals surface area (Å²) in [5.74, 6) is 0.445. The van der Waals surface area contributed by atoms with Crippen molar-refractivity contribution in [2.45, 2.75) is 51.7 Å². The lowest BCUT2D eigenvalue weighted by Gasteiger charge is -2.30. The van der Waals surface area contributed by atoms with Crippen LogP contribution in [-0.4, -0.2) is 43.8 Å². The molecule has 2 aromatic heterocycles. The summed E-state index contributed by atoms with van der Waals surface area (Å²) in [6, 6.07) is 10.4. The summed E-state index contributed by atoms with van der Waals surface area (Å²) in [5, 5.41) is 10.5. The molecule has 0 aliphatic rings. The van der Waals surface area contributed by atoms with Crippen LogP contribution in [0.25, 0.3) is 21.5 Å². The second-order valence-corrected chi connectivity index (χ2v) is 9.07. The van der Waals surface area contributed by atoms with Gasteiger partial charge in [0.25, 0.3) is 0 Å². The van der Waals surface area contributed by atoms with Gasteiger partial charge in [0, 0.05) is 17.6 Å². The van der Waals surface area contributed by atoms with Crippen LogP contribution >= 0.6 is 23.1 Å². The molecule has 0 aliphatic heterocycles. The summed E-state index contributed by atoms with van der Waals surface area (Å²) in [5.41, 5.74) is 2.71. The normalized spacial score (nSPS) is 11.5. The van der Waals surface area contributed by atoms with Crippen molar-refractivity contribution in [1.29, 1.82) is 0 Å². The Labute approximate surface area is 168 Å². The van der Waals surface area contributed by atoms with Gasteiger partial charge in [-0.15, -0.1) is 21.5 Å². The predicted molar refractivity (Wildman–Crippen MR) is 113 cm³/mol. The zero-order chi connectivity index (χ0) is 19.6. The number of benzene rings is 1. The van der Waals surface area contributed by atoms with Crippen molar-refractivity contribution in [2.75, 3.05) is 5.75 Å². The van der Waals surface area contributed by atoms with Gasteiger partial charge in [0.05, 0.1) is 15.5 Å². The SMILES string of the molecule is Cc1nc2c(SCC(=O)N(C(C)C)C(C)C)nnc(-c3ccccc3)c2s1. The molecular formula is C20H24N4OS2. The number of thioether (sulfide) groups is 1. The lowest BCUT2D eigenvalue weighted by molar-refractivity contribution is -0.131. The van der Waals surface area contributed by atoms with Gasteiger partial charge < -0.3 is 4.90 Å². The molecule has 0 N–H and O–H groups in total. The number of aryl methyl sites for hydroxylation is 1. The van der Waals surface area contributed by atoms with E-state index in [2.05, 4.69) is 15.2 Å². The second kappa shape index (κ2) is 8.35. The molecule has 3 rings (SSSR count). The van der Waals surface area contributed by atoms with Crippen molar-refractivity contribution in [2.24, 2.45) is 0 Å². The van der Waals surface area contributed by atoms with Gasteiger partial charge in [0.1, 0.15) is 16.2 Å². The average molecular weight is 401 g/mol.